The second-order valence-corrected chi connectivity index (χ2v) is 6.17. The number of hydrogen-bond donors (Lipinski definition) is 2. The van der Waals surface area contributed by atoms with Gasteiger partial charge in [0.15, 0.2) is 0 Å². The van der Waals surface area contributed by atoms with Crippen LogP contribution in [0.5, 0.6) is 0 Å². The van der Waals surface area contributed by atoms with Gasteiger partial charge in [-0.05, 0) is 30.5 Å². The Hall–Kier alpha value is -1.06. The van der Waals surface area contributed by atoms with E-state index in [1.165, 1.54) is 0 Å². The lowest BCUT2D eigenvalue weighted by atomic mass is 9.84. The van der Waals surface area contributed by atoms with Gasteiger partial charge in [0.2, 0.25) is 5.91 Å². The van der Waals surface area contributed by atoms with Crippen molar-refractivity contribution >= 4 is 17.5 Å². The van der Waals surface area contributed by atoms with Crippen LogP contribution in [0.4, 0.5) is 0 Å². The van der Waals surface area contributed by atoms with Crippen molar-refractivity contribution in [1.29, 1.82) is 0 Å². The van der Waals surface area contributed by atoms with Crippen molar-refractivity contribution in [3.05, 3.63) is 34.9 Å². The monoisotopic (exact) mass is 266 g/mol. The highest BCUT2D eigenvalue weighted by molar-refractivity contribution is 6.30. The van der Waals surface area contributed by atoms with E-state index in [0.29, 0.717) is 11.6 Å². The lowest BCUT2D eigenvalue weighted by Crippen LogP contribution is -2.46. The molecule has 0 radical (unpaired) electrons. The van der Waals surface area contributed by atoms with Crippen LogP contribution < -0.4 is 11.1 Å². The molecule has 4 heteroatoms. The van der Waals surface area contributed by atoms with Crippen LogP contribution in [0.25, 0.3) is 0 Å². The van der Waals surface area contributed by atoms with E-state index in [9.17, 15) is 4.79 Å². The van der Waals surface area contributed by atoms with Gasteiger partial charge in [0.05, 0.1) is 5.54 Å². The summed E-state index contributed by atoms with van der Waals surface area (Å²) < 4.78 is 0. The van der Waals surface area contributed by atoms with Crippen molar-refractivity contribution < 1.29 is 4.79 Å². The van der Waals surface area contributed by atoms with Gasteiger partial charge in [-0.25, -0.2) is 0 Å². The summed E-state index contributed by atoms with van der Waals surface area (Å²) in [6, 6.07) is 7.72. The zero-order valence-corrected chi connectivity index (χ0v) is 11.6. The van der Waals surface area contributed by atoms with Crippen molar-refractivity contribution in [3.63, 3.8) is 0 Å². The molecule has 1 aromatic rings. The third kappa shape index (κ3) is 2.85. The Morgan fingerprint density at radius 1 is 1.50 bits per heavy atom. The van der Waals surface area contributed by atoms with Gasteiger partial charge in [-0.2, -0.15) is 0 Å². The van der Waals surface area contributed by atoms with Crippen LogP contribution in [0, 0.1) is 0 Å². The van der Waals surface area contributed by atoms with E-state index >= 15 is 0 Å². The molecule has 1 fully saturated rings. The molecule has 0 aromatic heterocycles. The highest BCUT2D eigenvalue weighted by Crippen LogP contribution is 2.32. The van der Waals surface area contributed by atoms with E-state index in [4.69, 9.17) is 17.3 Å². The van der Waals surface area contributed by atoms with E-state index in [1.54, 1.807) is 0 Å². The summed E-state index contributed by atoms with van der Waals surface area (Å²) in [5, 5.41) is 3.65. The maximum absolute atomic E-state index is 11.8. The van der Waals surface area contributed by atoms with Crippen LogP contribution in [0.1, 0.15) is 32.3 Å². The Balaban J connectivity index is 2.01. The Labute approximate surface area is 113 Å². The molecule has 0 saturated heterocycles. The fourth-order valence-corrected chi connectivity index (χ4v) is 2.04. The van der Waals surface area contributed by atoms with Gasteiger partial charge in [0.25, 0.3) is 0 Å². The van der Waals surface area contributed by atoms with Crippen LogP contribution in [0.3, 0.4) is 0 Å². The molecule has 0 aliphatic heterocycles. The number of hydrogen-bond acceptors (Lipinski definition) is 2. The number of nitrogens with two attached hydrogens (primary N) is 1. The Bertz CT molecular complexity index is 467. The number of amides is 1. The van der Waals surface area contributed by atoms with Crippen LogP contribution in [0.2, 0.25) is 5.02 Å². The highest BCUT2D eigenvalue weighted by atomic mass is 35.5. The van der Waals surface area contributed by atoms with E-state index in [-0.39, 0.29) is 11.3 Å². The molecule has 0 bridgehead atoms. The molecule has 1 aromatic carbocycles. The minimum Gasteiger partial charge on any atom is -0.354 e. The molecular formula is C14H19ClN2O. The summed E-state index contributed by atoms with van der Waals surface area (Å²) in [6.07, 6.45) is 1.58. The lowest BCUT2D eigenvalue weighted by molar-refractivity contribution is -0.123. The van der Waals surface area contributed by atoms with E-state index in [2.05, 4.69) is 19.2 Å². The molecule has 0 spiro atoms. The van der Waals surface area contributed by atoms with Gasteiger partial charge in [0, 0.05) is 17.0 Å². The molecule has 1 aliphatic rings. The smallest absolute Gasteiger partial charge is 0.240 e. The van der Waals surface area contributed by atoms with Crippen LogP contribution >= 0.6 is 11.6 Å². The average Bonchev–Trinajstić information content (AvgIpc) is 3.06. The Morgan fingerprint density at radius 3 is 2.72 bits per heavy atom. The first-order chi connectivity index (χ1) is 8.33. The zero-order valence-electron chi connectivity index (χ0n) is 10.8. The molecule has 2 rings (SSSR count). The molecule has 18 heavy (non-hydrogen) atoms. The summed E-state index contributed by atoms with van der Waals surface area (Å²) >= 11 is 5.99. The van der Waals surface area contributed by atoms with Gasteiger partial charge in [-0.3, -0.25) is 4.79 Å². The van der Waals surface area contributed by atoms with Gasteiger partial charge >= 0.3 is 0 Å². The molecule has 98 valence electrons. The molecule has 1 amide bonds. The molecule has 0 unspecified atom stereocenters. The lowest BCUT2D eigenvalue weighted by Gasteiger charge is -2.26. The summed E-state index contributed by atoms with van der Waals surface area (Å²) in [5.41, 5.74) is 6.19. The molecule has 1 saturated carbocycles. The molecule has 0 heterocycles. The summed E-state index contributed by atoms with van der Waals surface area (Å²) in [5.74, 6) is -0.0439. The van der Waals surface area contributed by atoms with Crippen molar-refractivity contribution in [3.8, 4) is 0 Å². The predicted molar refractivity (Wildman–Crippen MR) is 73.6 cm³/mol. The number of halogens is 1. The topological polar surface area (TPSA) is 55.1 Å². The summed E-state index contributed by atoms with van der Waals surface area (Å²) in [7, 11) is 0. The maximum Gasteiger partial charge on any atom is 0.240 e. The number of benzene rings is 1. The van der Waals surface area contributed by atoms with Crippen molar-refractivity contribution in [2.75, 3.05) is 6.54 Å². The second kappa shape index (κ2) is 4.56. The number of carbonyl (C=O) groups is 1. The fourth-order valence-electron chi connectivity index (χ4n) is 1.85. The zero-order chi connectivity index (χ0) is 13.4. The normalized spacial score (nSPS) is 17.3. The van der Waals surface area contributed by atoms with Crippen LogP contribution in [0.15, 0.2) is 24.3 Å². The van der Waals surface area contributed by atoms with Crippen molar-refractivity contribution in [2.24, 2.45) is 5.73 Å². The molecule has 1 aliphatic carbocycles. The first-order valence-corrected chi connectivity index (χ1v) is 6.55. The van der Waals surface area contributed by atoms with Crippen LogP contribution in [-0.2, 0) is 10.2 Å². The third-order valence-electron chi connectivity index (χ3n) is 3.54. The van der Waals surface area contributed by atoms with Gasteiger partial charge in [0.1, 0.15) is 0 Å². The minimum absolute atomic E-state index is 0.0439. The van der Waals surface area contributed by atoms with E-state index in [1.807, 2.05) is 24.3 Å². The number of carbonyl (C=O) groups excluding carboxylic acids is 1. The fraction of sp³-hybridized carbons (Fsp3) is 0.500. The standard InChI is InChI=1S/C14H19ClN2O/c1-13(2,10-4-3-5-11(15)8-10)9-17-12(18)14(16)6-7-14/h3-5,8H,6-7,9,16H2,1-2H3,(H,17,18). The number of rotatable bonds is 4. The summed E-state index contributed by atoms with van der Waals surface area (Å²) in [6.45, 7) is 4.72. The Morgan fingerprint density at radius 2 is 2.17 bits per heavy atom. The summed E-state index contributed by atoms with van der Waals surface area (Å²) in [4.78, 5) is 11.8. The first-order valence-electron chi connectivity index (χ1n) is 6.17. The van der Waals surface area contributed by atoms with E-state index < -0.39 is 5.54 Å². The SMILES string of the molecule is CC(C)(CNC(=O)C1(N)CC1)c1cccc(Cl)c1. The van der Waals surface area contributed by atoms with Crippen LogP contribution in [-0.4, -0.2) is 18.0 Å². The molecule has 0 atom stereocenters. The van der Waals surface area contributed by atoms with E-state index in [0.717, 1.165) is 18.4 Å². The Kier molecular flexibility index (Phi) is 3.39. The second-order valence-electron chi connectivity index (χ2n) is 5.73. The molecule has 3 nitrogen and oxygen atoms in total. The van der Waals surface area contributed by atoms with Crippen molar-refractivity contribution in [1.82, 2.24) is 5.32 Å². The maximum atomic E-state index is 11.8. The van der Waals surface area contributed by atoms with Gasteiger partial charge in [-0.15, -0.1) is 0 Å². The third-order valence-corrected chi connectivity index (χ3v) is 3.77. The largest absolute Gasteiger partial charge is 0.354 e. The molecule has 3 N–H and O–H groups in total. The number of nitrogens with one attached hydrogen (secondary N) is 1. The highest BCUT2D eigenvalue weighted by Gasteiger charge is 2.46. The minimum atomic E-state index is -0.607. The average molecular weight is 267 g/mol. The molecular weight excluding hydrogens is 248 g/mol. The van der Waals surface area contributed by atoms with Crippen molar-refractivity contribution in [2.45, 2.75) is 37.6 Å². The van der Waals surface area contributed by atoms with Gasteiger partial charge < -0.3 is 11.1 Å². The van der Waals surface area contributed by atoms with Gasteiger partial charge in [-0.1, -0.05) is 37.6 Å². The predicted octanol–water partition coefficient (Wildman–Crippen LogP) is 2.23. The first kappa shape index (κ1) is 13.4. The quantitative estimate of drug-likeness (QED) is 0.878.